The fourth-order valence-corrected chi connectivity index (χ4v) is 2.53. The highest BCUT2D eigenvalue weighted by atomic mass is 15.2. The maximum absolute atomic E-state index is 2.44. The van der Waals surface area contributed by atoms with Crippen molar-refractivity contribution >= 4 is 0 Å². The summed E-state index contributed by atoms with van der Waals surface area (Å²) >= 11 is 0. The first-order valence-corrected chi connectivity index (χ1v) is 5.41. The number of rotatable bonds is 5. The lowest BCUT2D eigenvalue weighted by Gasteiger charge is -2.49. The summed E-state index contributed by atoms with van der Waals surface area (Å²) in [6, 6.07) is 0. The summed E-state index contributed by atoms with van der Waals surface area (Å²) in [5, 5.41) is 0. The van der Waals surface area contributed by atoms with Crippen molar-refractivity contribution in [2.75, 3.05) is 40.8 Å². The van der Waals surface area contributed by atoms with Crippen LogP contribution >= 0.6 is 0 Å². The van der Waals surface area contributed by atoms with Gasteiger partial charge in [0.05, 0.1) is 0 Å². The van der Waals surface area contributed by atoms with E-state index >= 15 is 0 Å². The van der Waals surface area contributed by atoms with Crippen LogP contribution in [0.3, 0.4) is 0 Å². The van der Waals surface area contributed by atoms with E-state index in [2.05, 4.69) is 37.9 Å². The molecule has 1 aliphatic heterocycles. The summed E-state index contributed by atoms with van der Waals surface area (Å²) in [5.74, 6) is 0. The summed E-state index contributed by atoms with van der Waals surface area (Å²) in [6.45, 7) is 6.17. The van der Waals surface area contributed by atoms with E-state index in [1.807, 2.05) is 0 Å². The van der Waals surface area contributed by atoms with Crippen LogP contribution in [-0.4, -0.2) is 50.6 Å². The lowest BCUT2D eigenvalue weighted by Crippen LogP contribution is -2.55. The van der Waals surface area contributed by atoms with Crippen LogP contribution in [0.5, 0.6) is 0 Å². The van der Waals surface area contributed by atoms with Gasteiger partial charge < -0.3 is 9.80 Å². The molecule has 78 valence electrons. The van der Waals surface area contributed by atoms with Crippen LogP contribution in [0.4, 0.5) is 0 Å². The van der Waals surface area contributed by atoms with Crippen molar-refractivity contribution in [2.45, 2.75) is 26.2 Å². The highest BCUT2D eigenvalue weighted by Crippen LogP contribution is 2.37. The maximum atomic E-state index is 2.44. The van der Waals surface area contributed by atoms with E-state index < -0.39 is 0 Å². The van der Waals surface area contributed by atoms with Gasteiger partial charge in [0.15, 0.2) is 0 Å². The average molecular weight is 184 g/mol. The van der Waals surface area contributed by atoms with Crippen LogP contribution in [0, 0.1) is 5.41 Å². The van der Waals surface area contributed by atoms with Gasteiger partial charge in [-0.25, -0.2) is 0 Å². The Balaban J connectivity index is 2.31. The zero-order valence-electron chi connectivity index (χ0n) is 9.64. The third-order valence-corrected chi connectivity index (χ3v) is 3.08. The van der Waals surface area contributed by atoms with Crippen LogP contribution < -0.4 is 0 Å². The number of likely N-dealkylation sites (tertiary alicyclic amines) is 1. The van der Waals surface area contributed by atoms with Crippen molar-refractivity contribution in [1.29, 1.82) is 0 Å². The van der Waals surface area contributed by atoms with Crippen molar-refractivity contribution in [3.05, 3.63) is 0 Å². The Hall–Kier alpha value is -0.0800. The minimum absolute atomic E-state index is 0.660. The number of hydrogen-bond donors (Lipinski definition) is 0. The van der Waals surface area contributed by atoms with Crippen molar-refractivity contribution in [3.8, 4) is 0 Å². The molecule has 0 aromatic carbocycles. The molecule has 0 atom stereocenters. The predicted octanol–water partition coefficient (Wildman–Crippen LogP) is 1.67. The molecular weight excluding hydrogens is 160 g/mol. The largest absolute Gasteiger partial charge is 0.309 e. The van der Waals surface area contributed by atoms with E-state index in [9.17, 15) is 0 Å². The van der Waals surface area contributed by atoms with Gasteiger partial charge in [-0.2, -0.15) is 0 Å². The van der Waals surface area contributed by atoms with E-state index in [-0.39, 0.29) is 0 Å². The molecule has 2 heteroatoms. The summed E-state index contributed by atoms with van der Waals surface area (Å²) in [7, 11) is 6.56. The van der Waals surface area contributed by atoms with Gasteiger partial charge in [0.1, 0.15) is 0 Å². The van der Waals surface area contributed by atoms with E-state index in [0.29, 0.717) is 5.41 Å². The van der Waals surface area contributed by atoms with Gasteiger partial charge in [0, 0.05) is 13.1 Å². The number of hydrogen-bond acceptors (Lipinski definition) is 2. The summed E-state index contributed by atoms with van der Waals surface area (Å²) < 4.78 is 0. The predicted molar refractivity (Wildman–Crippen MR) is 58.0 cm³/mol. The smallest absolute Gasteiger partial charge is 0.00479 e. The fraction of sp³-hybridized carbons (Fsp3) is 1.00. The normalized spacial score (nSPS) is 21.9. The molecule has 0 unspecified atom stereocenters. The molecule has 1 aliphatic rings. The Morgan fingerprint density at radius 2 is 1.85 bits per heavy atom. The first-order chi connectivity index (χ1) is 6.08. The molecular formula is C11H24N2. The molecule has 0 bridgehead atoms. The monoisotopic (exact) mass is 184 g/mol. The Kier molecular flexibility index (Phi) is 3.74. The third-order valence-electron chi connectivity index (χ3n) is 3.08. The van der Waals surface area contributed by atoms with Gasteiger partial charge in [-0.3, -0.25) is 0 Å². The fourth-order valence-electron chi connectivity index (χ4n) is 2.53. The van der Waals surface area contributed by atoms with E-state index in [1.165, 1.54) is 38.9 Å². The molecule has 0 aliphatic carbocycles. The molecule has 0 aromatic rings. The third kappa shape index (κ3) is 2.96. The van der Waals surface area contributed by atoms with Crippen molar-refractivity contribution in [2.24, 2.45) is 5.41 Å². The van der Waals surface area contributed by atoms with Gasteiger partial charge in [-0.05, 0) is 45.9 Å². The average Bonchev–Trinajstić information content (AvgIpc) is 1.98. The zero-order chi connectivity index (χ0) is 9.90. The molecule has 1 fully saturated rings. The zero-order valence-corrected chi connectivity index (χ0v) is 9.64. The molecule has 2 nitrogen and oxygen atoms in total. The van der Waals surface area contributed by atoms with Crippen molar-refractivity contribution in [1.82, 2.24) is 9.80 Å². The molecule has 0 saturated carbocycles. The van der Waals surface area contributed by atoms with E-state index in [0.717, 1.165) is 0 Å². The second kappa shape index (κ2) is 4.43. The van der Waals surface area contributed by atoms with Crippen LogP contribution in [0.1, 0.15) is 26.2 Å². The van der Waals surface area contributed by atoms with Gasteiger partial charge >= 0.3 is 0 Å². The standard InChI is InChI=1S/C11H24N2/c1-5-6-11(7-8-12(2)3)9-13(4)10-11/h5-10H2,1-4H3. The maximum Gasteiger partial charge on any atom is 0.00479 e. The second-order valence-electron chi connectivity index (χ2n) is 4.98. The van der Waals surface area contributed by atoms with E-state index in [4.69, 9.17) is 0 Å². The molecule has 0 spiro atoms. The Bertz CT molecular complexity index is 143. The van der Waals surface area contributed by atoms with Crippen LogP contribution in [0.25, 0.3) is 0 Å². The minimum atomic E-state index is 0.660. The summed E-state index contributed by atoms with van der Waals surface area (Å²) in [4.78, 5) is 4.74. The highest BCUT2D eigenvalue weighted by molar-refractivity contribution is 4.93. The lowest BCUT2D eigenvalue weighted by atomic mass is 9.73. The van der Waals surface area contributed by atoms with Crippen LogP contribution in [0.2, 0.25) is 0 Å². The van der Waals surface area contributed by atoms with Crippen LogP contribution in [0.15, 0.2) is 0 Å². The topological polar surface area (TPSA) is 6.48 Å². The van der Waals surface area contributed by atoms with E-state index in [1.54, 1.807) is 0 Å². The first kappa shape index (κ1) is 11.0. The first-order valence-electron chi connectivity index (χ1n) is 5.41. The molecule has 13 heavy (non-hydrogen) atoms. The molecule has 1 rings (SSSR count). The molecule has 0 aromatic heterocycles. The SMILES string of the molecule is CCCC1(CCN(C)C)CN(C)C1. The van der Waals surface area contributed by atoms with Crippen LogP contribution in [-0.2, 0) is 0 Å². The van der Waals surface area contributed by atoms with Crippen molar-refractivity contribution in [3.63, 3.8) is 0 Å². The Morgan fingerprint density at radius 1 is 1.23 bits per heavy atom. The highest BCUT2D eigenvalue weighted by Gasteiger charge is 2.39. The molecule has 0 radical (unpaired) electrons. The summed E-state index contributed by atoms with van der Waals surface area (Å²) in [5.41, 5.74) is 0.660. The second-order valence-corrected chi connectivity index (χ2v) is 4.98. The molecule has 0 amide bonds. The molecule has 0 N–H and O–H groups in total. The van der Waals surface area contributed by atoms with Crippen molar-refractivity contribution < 1.29 is 0 Å². The van der Waals surface area contributed by atoms with Gasteiger partial charge in [0.2, 0.25) is 0 Å². The Labute approximate surface area is 82.9 Å². The molecule has 1 heterocycles. The quantitative estimate of drug-likeness (QED) is 0.641. The number of nitrogens with zero attached hydrogens (tertiary/aromatic N) is 2. The minimum Gasteiger partial charge on any atom is -0.309 e. The Morgan fingerprint density at radius 3 is 2.23 bits per heavy atom. The lowest BCUT2D eigenvalue weighted by molar-refractivity contribution is 0.00137. The summed E-state index contributed by atoms with van der Waals surface area (Å²) in [6.07, 6.45) is 4.12. The van der Waals surface area contributed by atoms with Gasteiger partial charge in [-0.15, -0.1) is 0 Å². The van der Waals surface area contributed by atoms with Gasteiger partial charge in [0.25, 0.3) is 0 Å². The molecule has 1 saturated heterocycles. The van der Waals surface area contributed by atoms with Gasteiger partial charge in [-0.1, -0.05) is 13.3 Å².